The molecule has 2 amide bonds. The fourth-order valence-electron chi connectivity index (χ4n) is 2.79. The molecular weight excluding hydrogens is 378 g/mol. The minimum absolute atomic E-state index is 0.0193. The first-order valence-electron chi connectivity index (χ1n) is 8.19. The lowest BCUT2D eigenvalue weighted by Gasteiger charge is -2.27. The average Bonchev–Trinajstić information content (AvgIpc) is 3.09. The van der Waals surface area contributed by atoms with Crippen LogP contribution in [-0.4, -0.2) is 35.6 Å². The van der Waals surface area contributed by atoms with Crippen molar-refractivity contribution in [1.29, 1.82) is 0 Å². The van der Waals surface area contributed by atoms with Gasteiger partial charge in [0, 0.05) is 41.4 Å². The Hall–Kier alpha value is -1.93. The summed E-state index contributed by atoms with van der Waals surface area (Å²) in [6.45, 7) is 1.59. The molecule has 1 aliphatic rings. The molecule has 0 aliphatic carbocycles. The van der Waals surface area contributed by atoms with E-state index in [2.05, 4.69) is 11.4 Å². The van der Waals surface area contributed by atoms with Crippen molar-refractivity contribution in [2.45, 2.75) is 30.0 Å². The number of alkyl halides is 2. The topological polar surface area (TPSA) is 49.4 Å². The first-order valence-corrected chi connectivity index (χ1v) is 9.95. The third kappa shape index (κ3) is 4.82. The molecule has 0 atom stereocenters. The van der Waals surface area contributed by atoms with Gasteiger partial charge < -0.3 is 10.2 Å². The minimum atomic E-state index is -2.49. The summed E-state index contributed by atoms with van der Waals surface area (Å²) >= 11 is 2.16. The smallest absolute Gasteiger partial charge is 0.288 e. The van der Waals surface area contributed by atoms with Crippen LogP contribution in [0, 0.1) is 0 Å². The van der Waals surface area contributed by atoms with E-state index in [9.17, 15) is 18.4 Å². The van der Waals surface area contributed by atoms with Gasteiger partial charge in [-0.05, 0) is 47.7 Å². The maximum atomic E-state index is 12.3. The van der Waals surface area contributed by atoms with E-state index in [4.69, 9.17) is 0 Å². The largest absolute Gasteiger partial charge is 0.352 e. The van der Waals surface area contributed by atoms with E-state index in [0.29, 0.717) is 35.3 Å². The van der Waals surface area contributed by atoms with Crippen molar-refractivity contribution in [3.63, 3.8) is 0 Å². The maximum Gasteiger partial charge on any atom is 0.288 e. The molecule has 0 bridgehead atoms. The van der Waals surface area contributed by atoms with Gasteiger partial charge in [-0.2, -0.15) is 8.78 Å². The number of hydrogen-bond acceptors (Lipinski definition) is 4. The van der Waals surface area contributed by atoms with Crippen LogP contribution in [0.15, 0.2) is 40.6 Å². The van der Waals surface area contributed by atoms with Gasteiger partial charge in [0.05, 0.1) is 0 Å². The molecule has 0 radical (unpaired) electrons. The number of thiophene rings is 1. The zero-order valence-corrected chi connectivity index (χ0v) is 15.5. The van der Waals surface area contributed by atoms with Crippen molar-refractivity contribution < 1.29 is 18.4 Å². The summed E-state index contributed by atoms with van der Waals surface area (Å²) in [5.41, 5.74) is 1.59. The second-order valence-corrected chi connectivity index (χ2v) is 7.91. The molecule has 1 N–H and O–H groups in total. The molecule has 2 heterocycles. The van der Waals surface area contributed by atoms with E-state index in [-0.39, 0.29) is 24.8 Å². The summed E-state index contributed by atoms with van der Waals surface area (Å²) < 4.78 is 24.6. The van der Waals surface area contributed by atoms with Crippen molar-refractivity contribution >= 4 is 34.9 Å². The van der Waals surface area contributed by atoms with Gasteiger partial charge in [-0.25, -0.2) is 0 Å². The highest BCUT2D eigenvalue weighted by Gasteiger charge is 2.21. The monoisotopic (exact) mass is 396 g/mol. The molecule has 8 heteroatoms. The van der Waals surface area contributed by atoms with Gasteiger partial charge in [-0.3, -0.25) is 9.59 Å². The van der Waals surface area contributed by atoms with Crippen LogP contribution in [-0.2, 0) is 17.8 Å². The Balaban J connectivity index is 1.44. The van der Waals surface area contributed by atoms with E-state index in [1.165, 1.54) is 34.7 Å². The summed E-state index contributed by atoms with van der Waals surface area (Å²) in [7, 11) is 0. The van der Waals surface area contributed by atoms with Crippen LogP contribution in [0.3, 0.4) is 0 Å². The van der Waals surface area contributed by atoms with Gasteiger partial charge >= 0.3 is 0 Å². The Morgan fingerprint density at radius 3 is 2.73 bits per heavy atom. The van der Waals surface area contributed by atoms with Crippen LogP contribution in [0.25, 0.3) is 0 Å². The van der Waals surface area contributed by atoms with Crippen LogP contribution in [0.2, 0.25) is 0 Å². The molecule has 3 rings (SSSR count). The summed E-state index contributed by atoms with van der Waals surface area (Å²) in [5, 5.41) is 4.75. The Morgan fingerprint density at radius 2 is 2.00 bits per heavy atom. The van der Waals surface area contributed by atoms with E-state index in [1.54, 1.807) is 11.3 Å². The van der Waals surface area contributed by atoms with Gasteiger partial charge in [-0.1, -0.05) is 11.8 Å². The molecule has 0 spiro atoms. The lowest BCUT2D eigenvalue weighted by molar-refractivity contribution is -0.131. The standard InChI is InChI=1S/C18H18F2N2O2S2/c19-18(20)26-14-3-1-12(2-4-14)17(24)21-8-5-16(23)22-9-6-15-13(11-22)7-10-25-15/h1-4,7,10,18H,5-6,8-9,11H2,(H,21,24). The van der Waals surface area contributed by atoms with Crippen LogP contribution in [0.4, 0.5) is 8.78 Å². The zero-order valence-electron chi connectivity index (χ0n) is 13.9. The molecule has 26 heavy (non-hydrogen) atoms. The highest BCUT2D eigenvalue weighted by atomic mass is 32.2. The van der Waals surface area contributed by atoms with Gasteiger partial charge in [0.25, 0.3) is 11.7 Å². The number of carbonyl (C=O) groups excluding carboxylic acids is 2. The van der Waals surface area contributed by atoms with Crippen LogP contribution in [0.5, 0.6) is 0 Å². The quantitative estimate of drug-likeness (QED) is 0.757. The fourth-order valence-corrected chi connectivity index (χ4v) is 4.18. The number of hydrogen-bond donors (Lipinski definition) is 1. The van der Waals surface area contributed by atoms with Crippen molar-refractivity contribution in [3.05, 3.63) is 51.7 Å². The van der Waals surface area contributed by atoms with Crippen molar-refractivity contribution in [1.82, 2.24) is 10.2 Å². The molecule has 0 saturated heterocycles. The van der Waals surface area contributed by atoms with Crippen LogP contribution < -0.4 is 5.32 Å². The number of amides is 2. The van der Waals surface area contributed by atoms with Crippen molar-refractivity contribution in [2.75, 3.05) is 13.1 Å². The van der Waals surface area contributed by atoms with Crippen molar-refractivity contribution in [3.8, 4) is 0 Å². The van der Waals surface area contributed by atoms with Gasteiger partial charge in [0.1, 0.15) is 0 Å². The number of fused-ring (bicyclic) bond motifs is 1. The number of halogens is 2. The first-order chi connectivity index (χ1) is 12.5. The van der Waals surface area contributed by atoms with Crippen molar-refractivity contribution in [2.24, 2.45) is 0 Å². The zero-order chi connectivity index (χ0) is 18.5. The summed E-state index contributed by atoms with van der Waals surface area (Å²) in [6.07, 6.45) is 1.12. The fraction of sp³-hybridized carbons (Fsp3) is 0.333. The van der Waals surface area contributed by atoms with E-state index >= 15 is 0 Å². The molecule has 0 fully saturated rings. The Kier molecular flexibility index (Phi) is 6.26. The lowest BCUT2D eigenvalue weighted by atomic mass is 10.1. The average molecular weight is 396 g/mol. The second-order valence-electron chi connectivity index (χ2n) is 5.84. The number of nitrogens with zero attached hydrogens (tertiary/aromatic N) is 1. The molecule has 2 aromatic rings. The number of carbonyl (C=O) groups is 2. The highest BCUT2D eigenvalue weighted by molar-refractivity contribution is 7.99. The minimum Gasteiger partial charge on any atom is -0.352 e. The number of rotatable bonds is 6. The van der Waals surface area contributed by atoms with E-state index in [0.717, 1.165) is 6.42 Å². The lowest BCUT2D eigenvalue weighted by Crippen LogP contribution is -2.37. The van der Waals surface area contributed by atoms with Gasteiger partial charge in [0.2, 0.25) is 5.91 Å². The van der Waals surface area contributed by atoms with Crippen LogP contribution in [0.1, 0.15) is 27.2 Å². The summed E-state index contributed by atoms with van der Waals surface area (Å²) in [5.74, 6) is -2.78. The molecule has 1 aromatic heterocycles. The summed E-state index contributed by atoms with van der Waals surface area (Å²) in [4.78, 5) is 27.9. The molecular formula is C18H18F2N2O2S2. The van der Waals surface area contributed by atoms with Gasteiger partial charge in [-0.15, -0.1) is 11.3 Å². The second kappa shape index (κ2) is 8.64. The summed E-state index contributed by atoms with van der Waals surface area (Å²) in [6, 6.07) is 8.04. The molecule has 138 valence electrons. The van der Waals surface area contributed by atoms with E-state index < -0.39 is 5.76 Å². The predicted octanol–water partition coefficient (Wildman–Crippen LogP) is 3.77. The third-order valence-corrected chi connectivity index (χ3v) is 5.87. The third-order valence-electron chi connectivity index (χ3n) is 4.13. The number of benzene rings is 1. The Morgan fingerprint density at radius 1 is 1.23 bits per heavy atom. The first kappa shape index (κ1) is 18.8. The highest BCUT2D eigenvalue weighted by Crippen LogP contribution is 2.25. The molecule has 0 saturated carbocycles. The molecule has 1 aromatic carbocycles. The molecule has 4 nitrogen and oxygen atoms in total. The van der Waals surface area contributed by atoms with Crippen LogP contribution >= 0.6 is 23.1 Å². The number of nitrogens with one attached hydrogen (secondary N) is 1. The Labute approximate surface area is 158 Å². The molecule has 0 unspecified atom stereocenters. The molecule has 1 aliphatic heterocycles. The SMILES string of the molecule is O=C(NCCC(=O)N1CCc2sccc2C1)c1ccc(SC(F)F)cc1. The van der Waals surface area contributed by atoms with E-state index in [1.807, 2.05) is 10.3 Å². The predicted molar refractivity (Wildman–Crippen MR) is 98.7 cm³/mol. The van der Waals surface area contributed by atoms with Gasteiger partial charge in [0.15, 0.2) is 0 Å². The normalized spacial score (nSPS) is 13.6. The Bertz CT molecular complexity index is 778. The maximum absolute atomic E-state index is 12.3. The number of thioether (sulfide) groups is 1.